The fourth-order valence-corrected chi connectivity index (χ4v) is 2.80. The van der Waals surface area contributed by atoms with Crippen LogP contribution in [-0.2, 0) is 5.75 Å². The van der Waals surface area contributed by atoms with Crippen molar-refractivity contribution in [2.75, 3.05) is 0 Å². The van der Waals surface area contributed by atoms with E-state index in [1.165, 1.54) is 36.3 Å². The topological polar surface area (TPSA) is 119 Å². The Morgan fingerprint density at radius 3 is 3.10 bits per heavy atom. The fraction of sp³-hybridized carbons (Fsp3) is 0.0833. The second kappa shape index (κ2) is 5.37. The minimum absolute atomic E-state index is 0.0306. The molecule has 3 aromatic rings. The Labute approximate surface area is 122 Å². The first-order valence-corrected chi connectivity index (χ1v) is 6.92. The Morgan fingerprint density at radius 1 is 1.43 bits per heavy atom. The van der Waals surface area contributed by atoms with Crippen LogP contribution < -0.4 is 4.98 Å². The number of nitro groups is 1. The van der Waals surface area contributed by atoms with Crippen molar-refractivity contribution in [1.82, 2.24) is 15.0 Å². The molecule has 8 nitrogen and oxygen atoms in total. The molecule has 0 bridgehead atoms. The summed E-state index contributed by atoms with van der Waals surface area (Å²) >= 11 is 1.39. The number of aromatic amines is 2. The molecule has 0 saturated heterocycles. The summed E-state index contributed by atoms with van der Waals surface area (Å²) in [5, 5.41) is 21.4. The van der Waals surface area contributed by atoms with E-state index in [2.05, 4.69) is 19.9 Å². The van der Waals surface area contributed by atoms with E-state index < -0.39 is 4.92 Å². The summed E-state index contributed by atoms with van der Waals surface area (Å²) in [6.07, 6.45) is 3.07. The van der Waals surface area contributed by atoms with Crippen molar-refractivity contribution < 1.29 is 15.0 Å². The number of H-pyrrole nitrogens is 2. The average molecular weight is 304 g/mol. The smallest absolute Gasteiger partial charge is 0.296 e. The van der Waals surface area contributed by atoms with E-state index in [-0.39, 0.29) is 11.4 Å². The molecule has 106 valence electrons. The van der Waals surface area contributed by atoms with Gasteiger partial charge in [0.05, 0.1) is 11.3 Å². The molecule has 1 aromatic carbocycles. The summed E-state index contributed by atoms with van der Waals surface area (Å²) < 4.78 is 0. The van der Waals surface area contributed by atoms with Crippen LogP contribution in [0.15, 0.2) is 35.9 Å². The van der Waals surface area contributed by atoms with E-state index in [0.29, 0.717) is 17.0 Å². The summed E-state index contributed by atoms with van der Waals surface area (Å²) in [4.78, 5) is 24.4. The van der Waals surface area contributed by atoms with Gasteiger partial charge < -0.3 is 10.1 Å². The highest BCUT2D eigenvalue weighted by Gasteiger charge is 2.15. The van der Waals surface area contributed by atoms with Crippen LogP contribution >= 0.6 is 11.8 Å². The van der Waals surface area contributed by atoms with Gasteiger partial charge in [-0.05, 0) is 11.1 Å². The molecule has 0 amide bonds. The number of rotatable bonds is 4. The van der Waals surface area contributed by atoms with Gasteiger partial charge in [-0.15, -0.1) is 0 Å². The Bertz CT molecular complexity index is 820. The summed E-state index contributed by atoms with van der Waals surface area (Å²) in [6, 6.07) is 3.97. The van der Waals surface area contributed by atoms with E-state index in [1.54, 1.807) is 6.33 Å². The van der Waals surface area contributed by atoms with Gasteiger partial charge in [-0.1, -0.05) is 11.8 Å². The summed E-state index contributed by atoms with van der Waals surface area (Å²) in [5.41, 5.74) is 1.79. The lowest BCUT2D eigenvalue weighted by Gasteiger charge is -2.03. The van der Waals surface area contributed by atoms with Crippen molar-refractivity contribution >= 4 is 28.6 Å². The molecular weight excluding hydrogens is 294 g/mol. The van der Waals surface area contributed by atoms with E-state index >= 15 is 0 Å². The zero-order chi connectivity index (χ0) is 14.8. The molecule has 0 aliphatic rings. The van der Waals surface area contributed by atoms with Crippen LogP contribution in [0.1, 0.15) is 5.56 Å². The second-order valence-electron chi connectivity index (χ2n) is 4.19. The lowest BCUT2D eigenvalue weighted by Crippen LogP contribution is -2.07. The van der Waals surface area contributed by atoms with Crippen LogP contribution in [-0.4, -0.2) is 25.0 Å². The molecule has 21 heavy (non-hydrogen) atoms. The first-order chi connectivity index (χ1) is 10.1. The predicted octanol–water partition coefficient (Wildman–Crippen LogP) is 1.68. The lowest BCUT2D eigenvalue weighted by atomic mass is 10.2. The number of non-ortho nitro benzene ring substituents is 1. The molecule has 0 fully saturated rings. The van der Waals surface area contributed by atoms with Crippen LogP contribution in [0.5, 0.6) is 5.75 Å². The number of fused-ring (bicyclic) bond motifs is 1. The molecule has 0 unspecified atom stereocenters. The van der Waals surface area contributed by atoms with Crippen molar-refractivity contribution in [2.45, 2.75) is 10.8 Å². The average Bonchev–Trinajstić information content (AvgIpc) is 2.95. The Morgan fingerprint density at radius 2 is 2.29 bits per heavy atom. The number of nitrogens with one attached hydrogen (secondary N) is 2. The molecule has 0 aliphatic carbocycles. The van der Waals surface area contributed by atoms with Crippen LogP contribution in [0.4, 0.5) is 5.69 Å². The van der Waals surface area contributed by atoms with Crippen LogP contribution in [0.25, 0.3) is 11.2 Å². The largest absolute Gasteiger partial charge is 0.508 e. The van der Waals surface area contributed by atoms with Crippen molar-refractivity contribution in [2.24, 2.45) is 0 Å². The number of hydrogen-bond acceptors (Lipinski definition) is 6. The highest BCUT2D eigenvalue weighted by Crippen LogP contribution is 2.30. The second-order valence-corrected chi connectivity index (χ2v) is 5.18. The van der Waals surface area contributed by atoms with Crippen molar-refractivity contribution in [3.8, 4) is 5.75 Å². The summed E-state index contributed by atoms with van der Waals surface area (Å²) in [5.74, 6) is 0.408. The molecule has 0 saturated carbocycles. The molecule has 3 N–H and O–H groups in total. The number of aromatic hydroxyl groups is 1. The maximum absolute atomic E-state index is 10.8. The van der Waals surface area contributed by atoms with Crippen LogP contribution in [0.2, 0.25) is 0 Å². The van der Waals surface area contributed by atoms with Gasteiger partial charge in [0, 0.05) is 23.4 Å². The Kier molecular flexibility index (Phi) is 3.40. The number of phenolic OH excluding ortho intramolecular Hbond substituents is 1. The number of thioether (sulfide) groups is 1. The number of nitrogens with zero attached hydrogens (tertiary/aromatic N) is 3. The maximum atomic E-state index is 10.8. The van der Waals surface area contributed by atoms with Crippen molar-refractivity contribution in [3.63, 3.8) is 0 Å². The lowest BCUT2D eigenvalue weighted by molar-refractivity contribution is -0.428. The maximum Gasteiger partial charge on any atom is 0.296 e. The number of benzene rings is 1. The molecule has 0 spiro atoms. The zero-order valence-electron chi connectivity index (χ0n) is 10.6. The van der Waals surface area contributed by atoms with Gasteiger partial charge >= 0.3 is 0 Å². The quantitative estimate of drug-likeness (QED) is 0.327. The van der Waals surface area contributed by atoms with Gasteiger partial charge in [0.2, 0.25) is 0 Å². The third-order valence-corrected chi connectivity index (χ3v) is 3.94. The van der Waals surface area contributed by atoms with Crippen molar-refractivity contribution in [1.29, 1.82) is 0 Å². The minimum atomic E-state index is -0.487. The van der Waals surface area contributed by atoms with Crippen molar-refractivity contribution in [3.05, 3.63) is 46.5 Å². The molecule has 0 radical (unpaired) electrons. The Balaban J connectivity index is 1.86. The number of imidazole rings is 1. The SMILES string of the molecule is O=[N+]([O-])c1ccc(O)c(CSc2[nH+]cnc3nc[nH]c23)c1. The van der Waals surface area contributed by atoms with Gasteiger partial charge in [-0.2, -0.15) is 4.98 Å². The van der Waals surface area contributed by atoms with Gasteiger partial charge in [0.25, 0.3) is 17.7 Å². The Hall–Kier alpha value is -2.68. The summed E-state index contributed by atoms with van der Waals surface area (Å²) in [6.45, 7) is 0. The van der Waals surface area contributed by atoms with E-state index in [4.69, 9.17) is 0 Å². The van der Waals surface area contributed by atoms with E-state index in [9.17, 15) is 15.2 Å². The van der Waals surface area contributed by atoms with Crippen LogP contribution in [0, 0.1) is 10.1 Å². The third-order valence-electron chi connectivity index (χ3n) is 2.87. The zero-order valence-corrected chi connectivity index (χ0v) is 11.4. The summed E-state index contributed by atoms with van der Waals surface area (Å²) in [7, 11) is 0. The third kappa shape index (κ3) is 2.63. The predicted molar refractivity (Wildman–Crippen MR) is 74.8 cm³/mol. The number of hydrogen-bond donors (Lipinski definition) is 2. The minimum Gasteiger partial charge on any atom is -0.508 e. The monoisotopic (exact) mass is 304 g/mol. The fourth-order valence-electron chi connectivity index (χ4n) is 1.84. The molecule has 0 atom stereocenters. The van der Waals surface area contributed by atoms with Gasteiger partial charge in [0.15, 0.2) is 10.5 Å². The van der Waals surface area contributed by atoms with E-state index in [1.807, 2.05) is 0 Å². The van der Waals surface area contributed by atoms with E-state index in [0.717, 1.165) is 10.5 Å². The molecule has 9 heteroatoms. The number of nitro benzene ring substituents is 1. The van der Waals surface area contributed by atoms with Crippen LogP contribution in [0.3, 0.4) is 0 Å². The molecular formula is C12H10N5O3S+. The molecule has 2 heterocycles. The van der Waals surface area contributed by atoms with Gasteiger partial charge in [-0.25, -0.2) is 4.98 Å². The first-order valence-electron chi connectivity index (χ1n) is 5.94. The first kappa shape index (κ1) is 13.3. The number of phenols is 1. The van der Waals surface area contributed by atoms with Gasteiger partial charge in [-0.3, -0.25) is 10.1 Å². The standard InChI is InChI=1S/C12H9N5O3S/c18-9-2-1-8(17(19)20)3-7(9)4-21-12-10-11(14-5-13-10)15-6-16-12/h1-3,5-6,18H,4H2,(H,13,14,15,16)/p+1. The van der Waals surface area contributed by atoms with Gasteiger partial charge in [0.1, 0.15) is 5.75 Å². The highest BCUT2D eigenvalue weighted by molar-refractivity contribution is 7.98. The highest BCUT2D eigenvalue weighted by atomic mass is 32.2. The molecule has 0 aliphatic heterocycles. The molecule has 2 aromatic heterocycles. The molecule has 3 rings (SSSR count). The normalized spacial score (nSPS) is 10.9. The number of aromatic nitrogens is 4.